The van der Waals surface area contributed by atoms with Gasteiger partial charge < -0.3 is 5.32 Å². The van der Waals surface area contributed by atoms with E-state index >= 15 is 0 Å². The molecule has 5 heteroatoms. The average Bonchev–Trinajstić information content (AvgIpc) is 3.11. The fourth-order valence-corrected chi connectivity index (χ4v) is 2.12. The van der Waals surface area contributed by atoms with Gasteiger partial charge in [-0.15, -0.1) is 0 Å². The van der Waals surface area contributed by atoms with Crippen molar-refractivity contribution < 1.29 is 4.92 Å². The van der Waals surface area contributed by atoms with Gasteiger partial charge in [-0.25, -0.2) is 0 Å². The highest BCUT2D eigenvalue weighted by molar-refractivity contribution is 5.68. The third-order valence-electron chi connectivity index (χ3n) is 3.12. The monoisotopic (exact) mass is 245 g/mol. The molecule has 0 aromatic heterocycles. The lowest BCUT2D eigenvalue weighted by molar-refractivity contribution is -0.384. The normalized spacial score (nSPS) is 15.8. The number of nitriles is 1. The van der Waals surface area contributed by atoms with Crippen LogP contribution in [0.2, 0.25) is 0 Å². The molecule has 5 nitrogen and oxygen atoms in total. The third-order valence-corrected chi connectivity index (χ3v) is 3.12. The summed E-state index contributed by atoms with van der Waals surface area (Å²) in [5.41, 5.74) is 0.415. The summed E-state index contributed by atoms with van der Waals surface area (Å²) in [6.07, 6.45) is 3.53. The van der Waals surface area contributed by atoms with E-state index in [0.29, 0.717) is 5.69 Å². The minimum atomic E-state index is -0.495. The number of nitro groups is 1. The summed E-state index contributed by atoms with van der Waals surface area (Å²) in [5, 5.41) is 23.1. The minimum absolute atomic E-state index is 0.101. The van der Waals surface area contributed by atoms with E-state index in [2.05, 4.69) is 5.32 Å². The van der Waals surface area contributed by atoms with Gasteiger partial charge in [0.15, 0.2) is 0 Å². The van der Waals surface area contributed by atoms with Gasteiger partial charge in [0, 0.05) is 6.04 Å². The lowest BCUT2D eigenvalue weighted by Crippen LogP contribution is -2.17. The number of rotatable bonds is 5. The number of anilines is 1. The van der Waals surface area contributed by atoms with Crippen molar-refractivity contribution in [1.29, 1.82) is 5.26 Å². The van der Waals surface area contributed by atoms with Gasteiger partial charge in [0.1, 0.15) is 17.3 Å². The number of nitrogens with zero attached hydrogens (tertiary/aromatic N) is 2. The summed E-state index contributed by atoms with van der Waals surface area (Å²) in [5.74, 6) is 0.755. The van der Waals surface area contributed by atoms with E-state index in [-0.39, 0.29) is 17.3 Å². The Morgan fingerprint density at radius 3 is 2.89 bits per heavy atom. The molecular formula is C13H15N3O2. The average molecular weight is 245 g/mol. The summed E-state index contributed by atoms with van der Waals surface area (Å²) in [6.45, 7) is 2.01. The maximum Gasteiger partial charge on any atom is 0.309 e. The third kappa shape index (κ3) is 2.77. The van der Waals surface area contributed by atoms with Gasteiger partial charge >= 0.3 is 5.69 Å². The Morgan fingerprint density at radius 1 is 1.61 bits per heavy atom. The van der Waals surface area contributed by atoms with Crippen molar-refractivity contribution in [3.8, 4) is 6.07 Å². The van der Waals surface area contributed by atoms with E-state index in [1.165, 1.54) is 18.9 Å². The Kier molecular flexibility index (Phi) is 3.47. The van der Waals surface area contributed by atoms with Crippen LogP contribution in [0.3, 0.4) is 0 Å². The van der Waals surface area contributed by atoms with E-state index in [0.717, 1.165) is 12.3 Å². The minimum Gasteiger partial charge on any atom is -0.377 e. The van der Waals surface area contributed by atoms with Gasteiger partial charge in [-0.3, -0.25) is 10.1 Å². The molecule has 1 aromatic rings. The summed E-state index contributed by atoms with van der Waals surface area (Å²) in [7, 11) is 0. The zero-order valence-corrected chi connectivity index (χ0v) is 10.2. The molecule has 0 heterocycles. The van der Waals surface area contributed by atoms with E-state index in [4.69, 9.17) is 5.26 Å². The van der Waals surface area contributed by atoms with Crippen LogP contribution in [0.5, 0.6) is 0 Å². The molecule has 1 atom stereocenters. The van der Waals surface area contributed by atoms with Gasteiger partial charge in [-0.05, 0) is 31.4 Å². The summed E-state index contributed by atoms with van der Waals surface area (Å²) in [6, 6.07) is 6.83. The first kappa shape index (κ1) is 12.4. The van der Waals surface area contributed by atoms with Crippen LogP contribution in [0.1, 0.15) is 31.7 Å². The van der Waals surface area contributed by atoms with Crippen molar-refractivity contribution in [2.45, 2.75) is 32.2 Å². The molecule has 2 rings (SSSR count). The molecular weight excluding hydrogens is 230 g/mol. The number of hydrogen-bond donors (Lipinski definition) is 1. The molecule has 1 N–H and O–H groups in total. The van der Waals surface area contributed by atoms with Crippen molar-refractivity contribution in [3.05, 3.63) is 33.9 Å². The van der Waals surface area contributed by atoms with E-state index < -0.39 is 4.92 Å². The molecule has 0 amide bonds. The Hall–Kier alpha value is -2.09. The highest BCUT2D eigenvalue weighted by atomic mass is 16.6. The van der Waals surface area contributed by atoms with Crippen LogP contribution in [0, 0.1) is 27.4 Å². The number of nitrogens with one attached hydrogen (secondary N) is 1. The molecule has 1 aromatic carbocycles. The molecule has 18 heavy (non-hydrogen) atoms. The van der Waals surface area contributed by atoms with Crippen molar-refractivity contribution in [2.24, 2.45) is 5.92 Å². The molecule has 0 saturated heterocycles. The van der Waals surface area contributed by atoms with E-state index in [9.17, 15) is 10.1 Å². The highest BCUT2D eigenvalue weighted by Gasteiger charge is 2.25. The van der Waals surface area contributed by atoms with Gasteiger partial charge in [0.05, 0.1) is 4.92 Å². The topological polar surface area (TPSA) is 79.0 Å². The molecule has 94 valence electrons. The summed E-state index contributed by atoms with van der Waals surface area (Å²) >= 11 is 0. The predicted octanol–water partition coefficient (Wildman–Crippen LogP) is 3.07. The Bertz CT molecular complexity index is 503. The molecule has 0 bridgehead atoms. The molecule has 1 unspecified atom stereocenters. The Balaban J connectivity index is 2.20. The lowest BCUT2D eigenvalue weighted by atomic mass is 10.1. The van der Waals surface area contributed by atoms with Crippen molar-refractivity contribution >= 4 is 11.4 Å². The summed E-state index contributed by atoms with van der Waals surface area (Å²) < 4.78 is 0. The van der Waals surface area contributed by atoms with Crippen LogP contribution in [-0.4, -0.2) is 11.0 Å². The van der Waals surface area contributed by atoms with Crippen molar-refractivity contribution in [2.75, 3.05) is 5.32 Å². The maximum absolute atomic E-state index is 11.0. The standard InChI is InChI=1S/C13H15N3O2/c1-9(7-10-5-6-10)15-12-4-2-3-11(8-14)13(12)16(17)18/h2-4,9-10,15H,5-7H2,1H3. The smallest absolute Gasteiger partial charge is 0.309 e. The zero-order chi connectivity index (χ0) is 13.1. The zero-order valence-electron chi connectivity index (χ0n) is 10.2. The van der Waals surface area contributed by atoms with Crippen LogP contribution in [0.25, 0.3) is 0 Å². The number of para-hydroxylation sites is 1. The molecule has 1 fully saturated rings. The van der Waals surface area contributed by atoms with Crippen molar-refractivity contribution in [3.63, 3.8) is 0 Å². The fraction of sp³-hybridized carbons (Fsp3) is 0.462. The molecule has 0 spiro atoms. The maximum atomic E-state index is 11.0. The predicted molar refractivity (Wildman–Crippen MR) is 68.2 cm³/mol. The first-order valence-electron chi connectivity index (χ1n) is 6.06. The van der Waals surface area contributed by atoms with Gasteiger partial charge in [0.25, 0.3) is 0 Å². The van der Waals surface area contributed by atoms with Crippen LogP contribution >= 0.6 is 0 Å². The first-order valence-corrected chi connectivity index (χ1v) is 6.06. The van der Waals surface area contributed by atoms with Crippen LogP contribution in [0.4, 0.5) is 11.4 Å². The van der Waals surface area contributed by atoms with Crippen molar-refractivity contribution in [1.82, 2.24) is 0 Å². The van der Waals surface area contributed by atoms with E-state index in [1.807, 2.05) is 13.0 Å². The van der Waals surface area contributed by atoms with Crippen LogP contribution in [-0.2, 0) is 0 Å². The Morgan fingerprint density at radius 2 is 2.33 bits per heavy atom. The molecule has 1 aliphatic carbocycles. The Labute approximate surface area is 106 Å². The summed E-state index contributed by atoms with van der Waals surface area (Å²) in [4.78, 5) is 10.5. The SMILES string of the molecule is CC(CC1CC1)Nc1cccc(C#N)c1[N+](=O)[O-]. The number of hydrogen-bond acceptors (Lipinski definition) is 4. The lowest BCUT2D eigenvalue weighted by Gasteiger charge is -2.15. The second-order valence-electron chi connectivity index (χ2n) is 4.80. The van der Waals surface area contributed by atoms with Gasteiger partial charge in [-0.1, -0.05) is 18.9 Å². The quantitative estimate of drug-likeness (QED) is 0.638. The molecule has 0 radical (unpaired) electrons. The van der Waals surface area contributed by atoms with Crippen LogP contribution in [0.15, 0.2) is 18.2 Å². The highest BCUT2D eigenvalue weighted by Crippen LogP contribution is 2.35. The number of nitro benzene ring substituents is 1. The molecule has 0 aliphatic heterocycles. The first-order chi connectivity index (χ1) is 8.61. The largest absolute Gasteiger partial charge is 0.377 e. The molecule has 1 aliphatic rings. The fourth-order valence-electron chi connectivity index (χ4n) is 2.12. The molecule has 1 saturated carbocycles. The number of benzene rings is 1. The van der Waals surface area contributed by atoms with Gasteiger partial charge in [0.2, 0.25) is 0 Å². The van der Waals surface area contributed by atoms with E-state index in [1.54, 1.807) is 12.1 Å². The second kappa shape index (κ2) is 5.05. The van der Waals surface area contributed by atoms with Gasteiger partial charge in [-0.2, -0.15) is 5.26 Å². The van der Waals surface area contributed by atoms with Crippen LogP contribution < -0.4 is 5.32 Å². The second-order valence-corrected chi connectivity index (χ2v) is 4.80.